The van der Waals surface area contributed by atoms with Crippen LogP contribution >= 0.6 is 15.9 Å². The first-order chi connectivity index (χ1) is 8.13. The normalized spacial score (nSPS) is 9.71. The first-order valence-corrected chi connectivity index (χ1v) is 6.28. The second-order valence-corrected chi connectivity index (χ2v) is 4.77. The van der Waals surface area contributed by atoms with Gasteiger partial charge in [0.2, 0.25) is 5.91 Å². The minimum Gasteiger partial charge on any atom is -0.345 e. The Balaban J connectivity index is 2.40. The van der Waals surface area contributed by atoms with Crippen LogP contribution in [0.5, 0.6) is 0 Å². The minimum absolute atomic E-state index is 0.0292. The number of hydrogen-bond acceptors (Lipinski definition) is 2. The van der Waals surface area contributed by atoms with Crippen LogP contribution in [0.3, 0.4) is 0 Å². The number of carbonyl (C=O) groups is 1. The molecule has 0 saturated carbocycles. The van der Waals surface area contributed by atoms with Crippen molar-refractivity contribution in [3.8, 4) is 6.07 Å². The van der Waals surface area contributed by atoms with Crippen LogP contribution in [0.25, 0.3) is 0 Å². The fourth-order valence-electron chi connectivity index (χ4n) is 1.47. The van der Waals surface area contributed by atoms with E-state index in [0.29, 0.717) is 19.4 Å². The monoisotopic (exact) mass is 294 g/mol. The summed E-state index contributed by atoms with van der Waals surface area (Å²) in [7, 11) is 1.78. The summed E-state index contributed by atoms with van der Waals surface area (Å²) in [6, 6.07) is 10.0. The summed E-state index contributed by atoms with van der Waals surface area (Å²) in [5, 5.41) is 8.41. The first-order valence-electron chi connectivity index (χ1n) is 5.49. The largest absolute Gasteiger partial charge is 0.345 e. The van der Waals surface area contributed by atoms with Gasteiger partial charge in [0, 0.05) is 30.9 Å². The Labute approximate surface area is 110 Å². The Bertz CT molecular complexity index is 426. The molecule has 0 aromatic heterocycles. The van der Waals surface area contributed by atoms with Crippen LogP contribution in [0.4, 0.5) is 0 Å². The molecule has 1 aromatic rings. The van der Waals surface area contributed by atoms with Crippen molar-refractivity contribution in [2.24, 2.45) is 0 Å². The molecule has 0 N–H and O–H groups in total. The number of benzene rings is 1. The first kappa shape index (κ1) is 13.7. The van der Waals surface area contributed by atoms with Gasteiger partial charge in [0.15, 0.2) is 0 Å². The van der Waals surface area contributed by atoms with Crippen LogP contribution in [-0.4, -0.2) is 24.4 Å². The van der Waals surface area contributed by atoms with Crippen LogP contribution in [0, 0.1) is 11.3 Å². The molecule has 0 aliphatic heterocycles. The van der Waals surface area contributed by atoms with Crippen molar-refractivity contribution in [3.63, 3.8) is 0 Å². The molecule has 0 spiro atoms. The smallest absolute Gasteiger partial charge is 0.223 e. The summed E-state index contributed by atoms with van der Waals surface area (Å²) >= 11 is 3.42. The van der Waals surface area contributed by atoms with Gasteiger partial charge in [0.1, 0.15) is 0 Å². The molecule has 17 heavy (non-hydrogen) atoms. The zero-order chi connectivity index (χ0) is 12.7. The number of rotatable bonds is 5. The molecular weight excluding hydrogens is 280 g/mol. The fourth-order valence-corrected chi connectivity index (χ4v) is 1.91. The maximum atomic E-state index is 11.6. The quantitative estimate of drug-likeness (QED) is 0.838. The zero-order valence-electron chi connectivity index (χ0n) is 9.82. The van der Waals surface area contributed by atoms with Gasteiger partial charge in [-0.05, 0) is 24.1 Å². The predicted octanol–water partition coefficient (Wildman–Crippen LogP) is 2.75. The summed E-state index contributed by atoms with van der Waals surface area (Å²) in [4.78, 5) is 13.2. The van der Waals surface area contributed by atoms with E-state index in [1.54, 1.807) is 11.9 Å². The lowest BCUT2D eigenvalue weighted by Gasteiger charge is -2.16. The molecular formula is C13H15BrN2O. The van der Waals surface area contributed by atoms with Crippen molar-refractivity contribution in [3.05, 3.63) is 34.3 Å². The lowest BCUT2D eigenvalue weighted by Crippen LogP contribution is -2.28. The molecule has 4 heteroatoms. The highest BCUT2D eigenvalue weighted by atomic mass is 79.9. The molecule has 90 valence electrons. The number of carbonyl (C=O) groups excluding carboxylic acids is 1. The maximum absolute atomic E-state index is 11.6. The van der Waals surface area contributed by atoms with Gasteiger partial charge in [0.05, 0.1) is 6.07 Å². The summed E-state index contributed by atoms with van der Waals surface area (Å²) < 4.78 is 1.05. The molecule has 0 unspecified atom stereocenters. The van der Waals surface area contributed by atoms with E-state index < -0.39 is 0 Å². The highest BCUT2D eigenvalue weighted by Gasteiger charge is 2.07. The standard InChI is InChI=1S/C13H15BrN2O/c1-16(13(17)6-3-8-15)9-7-11-4-2-5-12(14)10-11/h2,4-5,10H,3,6-7,9H2,1H3. The second kappa shape index (κ2) is 7.08. The van der Waals surface area contributed by atoms with E-state index in [9.17, 15) is 4.79 Å². The van der Waals surface area contributed by atoms with Crippen LogP contribution < -0.4 is 0 Å². The third kappa shape index (κ3) is 5.01. The van der Waals surface area contributed by atoms with E-state index in [4.69, 9.17) is 5.26 Å². The Morgan fingerprint density at radius 2 is 2.29 bits per heavy atom. The lowest BCUT2D eigenvalue weighted by molar-refractivity contribution is -0.129. The SMILES string of the molecule is CN(CCc1cccc(Br)c1)C(=O)CCC#N. The number of halogens is 1. The third-order valence-electron chi connectivity index (χ3n) is 2.50. The zero-order valence-corrected chi connectivity index (χ0v) is 11.4. The summed E-state index contributed by atoms with van der Waals surface area (Å²) in [5.41, 5.74) is 1.19. The van der Waals surface area contributed by atoms with E-state index in [2.05, 4.69) is 15.9 Å². The van der Waals surface area contributed by atoms with Crippen LogP contribution in [0.15, 0.2) is 28.7 Å². The van der Waals surface area contributed by atoms with E-state index >= 15 is 0 Å². The van der Waals surface area contributed by atoms with Gasteiger partial charge in [-0.2, -0.15) is 5.26 Å². The number of nitrogens with zero attached hydrogens (tertiary/aromatic N) is 2. The van der Waals surface area contributed by atoms with E-state index in [-0.39, 0.29) is 5.91 Å². The molecule has 0 heterocycles. The Hall–Kier alpha value is -1.34. The van der Waals surface area contributed by atoms with Crippen molar-refractivity contribution < 1.29 is 4.79 Å². The Morgan fingerprint density at radius 1 is 1.53 bits per heavy atom. The van der Waals surface area contributed by atoms with Gasteiger partial charge in [0.25, 0.3) is 0 Å². The van der Waals surface area contributed by atoms with E-state index in [1.807, 2.05) is 30.3 Å². The van der Waals surface area contributed by atoms with Crippen molar-refractivity contribution in [2.75, 3.05) is 13.6 Å². The number of likely N-dealkylation sites (N-methyl/N-ethyl adjacent to an activating group) is 1. The molecule has 0 radical (unpaired) electrons. The predicted molar refractivity (Wildman–Crippen MR) is 70.3 cm³/mol. The van der Waals surface area contributed by atoms with Gasteiger partial charge < -0.3 is 4.90 Å². The molecule has 1 aromatic carbocycles. The molecule has 0 fully saturated rings. The van der Waals surface area contributed by atoms with Gasteiger partial charge in [-0.3, -0.25) is 4.79 Å². The van der Waals surface area contributed by atoms with Crippen LogP contribution in [-0.2, 0) is 11.2 Å². The van der Waals surface area contributed by atoms with Crippen molar-refractivity contribution >= 4 is 21.8 Å². The summed E-state index contributed by atoms with van der Waals surface area (Å²) in [6.07, 6.45) is 1.43. The molecule has 0 saturated heterocycles. The fraction of sp³-hybridized carbons (Fsp3) is 0.385. The number of amides is 1. The van der Waals surface area contributed by atoms with Gasteiger partial charge in [-0.15, -0.1) is 0 Å². The van der Waals surface area contributed by atoms with Crippen LogP contribution in [0.2, 0.25) is 0 Å². The Morgan fingerprint density at radius 3 is 2.94 bits per heavy atom. The Kier molecular flexibility index (Phi) is 5.71. The van der Waals surface area contributed by atoms with Crippen molar-refractivity contribution in [1.82, 2.24) is 4.90 Å². The lowest BCUT2D eigenvalue weighted by atomic mass is 10.1. The van der Waals surface area contributed by atoms with Gasteiger partial charge >= 0.3 is 0 Å². The van der Waals surface area contributed by atoms with E-state index in [1.165, 1.54) is 5.56 Å². The average molecular weight is 295 g/mol. The summed E-state index contributed by atoms with van der Waals surface area (Å²) in [5.74, 6) is 0.0292. The molecule has 0 atom stereocenters. The number of nitriles is 1. The third-order valence-corrected chi connectivity index (χ3v) is 2.99. The highest BCUT2D eigenvalue weighted by molar-refractivity contribution is 9.10. The van der Waals surface area contributed by atoms with E-state index in [0.717, 1.165) is 10.9 Å². The van der Waals surface area contributed by atoms with Crippen molar-refractivity contribution in [2.45, 2.75) is 19.3 Å². The molecule has 1 rings (SSSR count). The maximum Gasteiger partial charge on any atom is 0.223 e. The molecule has 3 nitrogen and oxygen atoms in total. The molecule has 0 aliphatic rings. The van der Waals surface area contributed by atoms with Gasteiger partial charge in [-0.25, -0.2) is 0 Å². The highest BCUT2D eigenvalue weighted by Crippen LogP contribution is 2.12. The molecule has 0 bridgehead atoms. The molecule has 0 aliphatic carbocycles. The average Bonchev–Trinajstić information content (AvgIpc) is 2.33. The number of hydrogen-bond donors (Lipinski definition) is 0. The molecule has 1 amide bonds. The summed E-state index contributed by atoms with van der Waals surface area (Å²) in [6.45, 7) is 0.681. The van der Waals surface area contributed by atoms with Crippen LogP contribution in [0.1, 0.15) is 18.4 Å². The minimum atomic E-state index is 0.0292. The second-order valence-electron chi connectivity index (χ2n) is 3.85. The topological polar surface area (TPSA) is 44.1 Å². The van der Waals surface area contributed by atoms with Crippen molar-refractivity contribution in [1.29, 1.82) is 5.26 Å². The van der Waals surface area contributed by atoms with Gasteiger partial charge in [-0.1, -0.05) is 28.1 Å².